The molecular weight excluding hydrogens is 460 g/mol. The van der Waals surface area contributed by atoms with Crippen molar-refractivity contribution in [3.63, 3.8) is 0 Å². The number of hydrogen-bond donors (Lipinski definition) is 4. The molecule has 3 rings (SSSR count). The first-order chi connectivity index (χ1) is 17.4. The van der Waals surface area contributed by atoms with Gasteiger partial charge in [-0.25, -0.2) is 0 Å². The first-order valence-corrected chi connectivity index (χ1v) is 11.6. The molecule has 0 spiro atoms. The fraction of sp³-hybridized carbons (Fsp3) is 0.296. The highest BCUT2D eigenvalue weighted by molar-refractivity contribution is 6.12. The third-order valence-electron chi connectivity index (χ3n) is 4.67. The zero-order valence-electron chi connectivity index (χ0n) is 21.5. The summed E-state index contributed by atoms with van der Waals surface area (Å²) >= 11 is 0. The molecule has 194 valence electrons. The molecule has 3 amide bonds. The molecule has 0 fully saturated rings. The number of rotatable bonds is 8. The monoisotopic (exact) mass is 496 g/mol. The lowest BCUT2D eigenvalue weighted by Gasteiger charge is -2.15. The van der Waals surface area contributed by atoms with E-state index in [1.807, 2.05) is 32.1 Å². The Hall–Kier alpha value is -3.95. The summed E-state index contributed by atoms with van der Waals surface area (Å²) in [6, 6.07) is 12.3. The van der Waals surface area contributed by atoms with E-state index < -0.39 is 6.29 Å². The van der Waals surface area contributed by atoms with Gasteiger partial charge in [-0.1, -0.05) is 50.8 Å². The van der Waals surface area contributed by atoms with E-state index in [2.05, 4.69) is 27.8 Å². The molecule has 2 aromatic rings. The molecule has 9 heteroatoms. The highest BCUT2D eigenvalue weighted by atomic mass is 16.7. The third kappa shape index (κ3) is 9.73. The van der Waals surface area contributed by atoms with Crippen LogP contribution in [-0.2, 0) is 14.3 Å². The summed E-state index contributed by atoms with van der Waals surface area (Å²) in [5.74, 6) is -0.514. The Balaban J connectivity index is 0.000000500. The molecule has 0 saturated carbocycles. The number of methoxy groups -OCH3 is 2. The summed E-state index contributed by atoms with van der Waals surface area (Å²) in [6.07, 6.45) is 4.77. The molecule has 4 N–H and O–H groups in total. The fourth-order valence-corrected chi connectivity index (χ4v) is 2.93. The molecule has 36 heavy (non-hydrogen) atoms. The second-order valence-corrected chi connectivity index (χ2v) is 7.10. The molecule has 0 aromatic heterocycles. The standard InChI is InChI=1S/C18H19N3O4.C7H11NO.C2H6/c1-24-16(25-2)10-19-17(22)11-7-8-14-15(9-11)21-18(23)12-5-3-4-6-13(12)20-14;1-3-4-5-6-8-7(2)9;1-2/h3-9,16,20H,10H2,1-2H3,(H,19,22)(H,21,23);3-5H,1,6H2,2H3,(H,8,9);1-2H3/b;5-4+;. The van der Waals surface area contributed by atoms with E-state index in [4.69, 9.17) is 9.47 Å². The molecule has 1 heterocycles. The normalized spacial score (nSPS) is 11.2. The van der Waals surface area contributed by atoms with Crippen LogP contribution in [0.5, 0.6) is 0 Å². The van der Waals surface area contributed by atoms with E-state index in [9.17, 15) is 14.4 Å². The molecule has 0 saturated heterocycles. The van der Waals surface area contributed by atoms with E-state index in [1.165, 1.54) is 21.1 Å². The first kappa shape index (κ1) is 30.1. The molecule has 0 bridgehead atoms. The van der Waals surface area contributed by atoms with Crippen molar-refractivity contribution < 1.29 is 23.9 Å². The number of benzene rings is 2. The number of carbonyl (C=O) groups excluding carboxylic acids is 3. The van der Waals surface area contributed by atoms with Crippen LogP contribution in [0.3, 0.4) is 0 Å². The predicted molar refractivity (Wildman–Crippen MR) is 144 cm³/mol. The van der Waals surface area contributed by atoms with E-state index >= 15 is 0 Å². The van der Waals surface area contributed by atoms with Gasteiger partial charge in [0.2, 0.25) is 5.91 Å². The number of allylic oxidation sites excluding steroid dienone is 2. The summed E-state index contributed by atoms with van der Waals surface area (Å²) in [5.41, 5.74) is 2.97. The molecule has 2 aromatic carbocycles. The quantitative estimate of drug-likeness (QED) is 0.321. The van der Waals surface area contributed by atoms with Crippen molar-refractivity contribution >= 4 is 34.8 Å². The lowest BCUT2D eigenvalue weighted by Crippen LogP contribution is -2.34. The Morgan fingerprint density at radius 2 is 1.69 bits per heavy atom. The van der Waals surface area contributed by atoms with E-state index in [0.717, 1.165) is 11.4 Å². The van der Waals surface area contributed by atoms with Gasteiger partial charge in [0.05, 0.1) is 29.2 Å². The minimum absolute atomic E-state index is 0.0105. The summed E-state index contributed by atoms with van der Waals surface area (Å²) < 4.78 is 10.1. The SMILES string of the molecule is C=C/C=C/CNC(C)=O.CC.COC(CNC(=O)c1ccc2c(c1)NC(=O)c1ccccc1N2)OC. The van der Waals surface area contributed by atoms with E-state index in [1.54, 1.807) is 42.5 Å². The van der Waals surface area contributed by atoms with Crippen molar-refractivity contribution in [2.24, 2.45) is 0 Å². The zero-order chi connectivity index (χ0) is 26.9. The van der Waals surface area contributed by atoms with Crippen LogP contribution in [0.2, 0.25) is 0 Å². The smallest absolute Gasteiger partial charge is 0.257 e. The molecule has 0 atom stereocenters. The molecule has 1 aliphatic heterocycles. The van der Waals surface area contributed by atoms with Crippen molar-refractivity contribution in [3.8, 4) is 0 Å². The highest BCUT2D eigenvalue weighted by Crippen LogP contribution is 2.32. The van der Waals surface area contributed by atoms with Gasteiger partial charge in [0.25, 0.3) is 11.8 Å². The van der Waals surface area contributed by atoms with Crippen LogP contribution in [-0.4, -0.2) is 51.3 Å². The van der Waals surface area contributed by atoms with Crippen LogP contribution in [0.15, 0.2) is 67.3 Å². The topological polar surface area (TPSA) is 118 Å². The van der Waals surface area contributed by atoms with Gasteiger partial charge in [0.15, 0.2) is 6.29 Å². The maximum atomic E-state index is 12.4. The number of hydrogen-bond acceptors (Lipinski definition) is 6. The van der Waals surface area contributed by atoms with Crippen LogP contribution in [0.1, 0.15) is 41.5 Å². The van der Waals surface area contributed by atoms with Gasteiger partial charge in [-0.15, -0.1) is 0 Å². The van der Waals surface area contributed by atoms with Gasteiger partial charge in [-0.2, -0.15) is 0 Å². The lowest BCUT2D eigenvalue weighted by atomic mass is 10.1. The first-order valence-electron chi connectivity index (χ1n) is 11.6. The van der Waals surface area contributed by atoms with E-state index in [-0.39, 0.29) is 24.3 Å². The summed E-state index contributed by atoms with van der Waals surface area (Å²) in [7, 11) is 3.00. The number of anilines is 3. The molecule has 9 nitrogen and oxygen atoms in total. The minimum Gasteiger partial charge on any atom is -0.354 e. The van der Waals surface area contributed by atoms with Crippen molar-refractivity contribution in [2.75, 3.05) is 37.9 Å². The van der Waals surface area contributed by atoms with Crippen molar-refractivity contribution in [3.05, 3.63) is 78.4 Å². The largest absolute Gasteiger partial charge is 0.354 e. The second kappa shape index (κ2) is 16.6. The Labute approximate surface area is 213 Å². The van der Waals surface area contributed by atoms with E-state index in [0.29, 0.717) is 23.4 Å². The van der Waals surface area contributed by atoms with Crippen LogP contribution < -0.4 is 21.3 Å². The van der Waals surface area contributed by atoms with Crippen molar-refractivity contribution in [1.82, 2.24) is 10.6 Å². The molecular formula is C27H36N4O5. The summed E-state index contributed by atoms with van der Waals surface area (Å²) in [4.78, 5) is 34.9. The number of fused-ring (bicyclic) bond motifs is 2. The lowest BCUT2D eigenvalue weighted by molar-refractivity contribution is -0.118. The third-order valence-corrected chi connectivity index (χ3v) is 4.67. The Bertz CT molecular complexity index is 1050. The maximum Gasteiger partial charge on any atom is 0.257 e. The predicted octanol–water partition coefficient (Wildman–Crippen LogP) is 4.24. The van der Waals surface area contributed by atoms with Crippen molar-refractivity contribution in [1.29, 1.82) is 0 Å². The molecule has 1 aliphatic rings. The number of ether oxygens (including phenoxy) is 2. The van der Waals surface area contributed by atoms with Gasteiger partial charge in [-0.05, 0) is 30.3 Å². The maximum absolute atomic E-state index is 12.4. The number of carbonyl (C=O) groups is 3. The highest BCUT2D eigenvalue weighted by Gasteiger charge is 2.20. The van der Waals surface area contributed by atoms with Crippen LogP contribution >= 0.6 is 0 Å². The van der Waals surface area contributed by atoms with Gasteiger partial charge in [-0.3, -0.25) is 14.4 Å². The average Bonchev–Trinajstić information content (AvgIpc) is 3.03. The number of nitrogens with one attached hydrogen (secondary N) is 4. The van der Waals surface area contributed by atoms with Crippen LogP contribution in [0.4, 0.5) is 17.1 Å². The summed E-state index contributed by atoms with van der Waals surface area (Å²) in [5, 5.41) is 11.4. The second-order valence-electron chi connectivity index (χ2n) is 7.10. The Morgan fingerprint density at radius 3 is 2.33 bits per heavy atom. The zero-order valence-corrected chi connectivity index (χ0v) is 21.5. The average molecular weight is 497 g/mol. The molecule has 0 radical (unpaired) electrons. The van der Waals surface area contributed by atoms with Crippen molar-refractivity contribution in [2.45, 2.75) is 27.1 Å². The minimum atomic E-state index is -0.513. The van der Waals surface area contributed by atoms with Gasteiger partial charge < -0.3 is 30.7 Å². The Morgan fingerprint density at radius 1 is 1.00 bits per heavy atom. The van der Waals surface area contributed by atoms with Gasteiger partial charge in [0, 0.05) is 33.3 Å². The summed E-state index contributed by atoms with van der Waals surface area (Å²) in [6.45, 7) is 9.77. The van der Waals surface area contributed by atoms with Crippen LogP contribution in [0.25, 0.3) is 0 Å². The number of amides is 3. The van der Waals surface area contributed by atoms with Crippen LogP contribution in [0, 0.1) is 0 Å². The van der Waals surface area contributed by atoms with Gasteiger partial charge in [0.1, 0.15) is 0 Å². The molecule has 0 aliphatic carbocycles. The van der Waals surface area contributed by atoms with Gasteiger partial charge >= 0.3 is 0 Å². The fourth-order valence-electron chi connectivity index (χ4n) is 2.93. The Kier molecular flexibility index (Phi) is 13.9. The molecule has 0 unspecified atom stereocenters. The number of para-hydroxylation sites is 1.